The van der Waals surface area contributed by atoms with Crippen LogP contribution in [0, 0.1) is 5.92 Å². The van der Waals surface area contributed by atoms with E-state index >= 15 is 0 Å². The van der Waals surface area contributed by atoms with Crippen LogP contribution in [0.25, 0.3) is 11.0 Å². The molecule has 2 aromatic heterocycles. The van der Waals surface area contributed by atoms with Crippen LogP contribution < -0.4 is 21.3 Å². The molecule has 0 bridgehead atoms. The standard InChI is InChI=1S/C32H39N7O5/c1-4-21(5-2)20-44-32(43)37-30(33)22-9-12-24(13-10-22)35-19-28-36-25-18-23(11-14-26(25)38(28)3)31(42)39(17-15-29(40)41)27-8-6-7-16-34-27/h6-14,16,18,21,30,35H,4-5,15,17,19-20,33H2,1-3H3,(H,37,43)(H,40,41). The van der Waals surface area contributed by atoms with Crippen LogP contribution in [0.4, 0.5) is 16.3 Å². The minimum atomic E-state index is -1.00. The van der Waals surface area contributed by atoms with Crippen molar-refractivity contribution in [3.8, 4) is 0 Å². The second-order valence-electron chi connectivity index (χ2n) is 10.5. The highest BCUT2D eigenvalue weighted by Crippen LogP contribution is 2.22. The Morgan fingerprint density at radius 1 is 1.07 bits per heavy atom. The summed E-state index contributed by atoms with van der Waals surface area (Å²) in [5, 5.41) is 15.2. The molecule has 0 aliphatic carbocycles. The molecule has 0 fully saturated rings. The number of aliphatic carboxylic acids is 1. The van der Waals surface area contributed by atoms with Gasteiger partial charge in [-0.3, -0.25) is 14.5 Å². The number of benzene rings is 2. The van der Waals surface area contributed by atoms with E-state index in [1.165, 1.54) is 4.90 Å². The van der Waals surface area contributed by atoms with E-state index in [0.29, 0.717) is 36.0 Å². The lowest BCUT2D eigenvalue weighted by Crippen LogP contribution is -2.35. The molecule has 12 heteroatoms. The summed E-state index contributed by atoms with van der Waals surface area (Å²) in [4.78, 5) is 47.1. The SMILES string of the molecule is CCC(CC)COC(=O)NC(N)c1ccc(NCc2nc3cc(C(=O)N(CCC(=O)O)c4ccccn4)ccc3n2C)cc1. The fraction of sp³-hybridized carbons (Fsp3) is 0.344. The zero-order chi connectivity index (χ0) is 31.6. The molecule has 0 spiro atoms. The van der Waals surface area contributed by atoms with E-state index in [0.717, 1.165) is 35.4 Å². The van der Waals surface area contributed by atoms with Crippen LogP contribution in [0.5, 0.6) is 0 Å². The maximum Gasteiger partial charge on any atom is 0.408 e. The molecule has 12 nitrogen and oxygen atoms in total. The maximum atomic E-state index is 13.4. The molecule has 0 saturated carbocycles. The maximum absolute atomic E-state index is 13.4. The Morgan fingerprint density at radius 3 is 2.48 bits per heavy atom. The van der Waals surface area contributed by atoms with Crippen molar-refractivity contribution in [2.75, 3.05) is 23.4 Å². The summed E-state index contributed by atoms with van der Waals surface area (Å²) in [6.45, 7) is 4.91. The number of carbonyl (C=O) groups excluding carboxylic acids is 2. The number of ether oxygens (including phenoxy) is 1. The molecule has 44 heavy (non-hydrogen) atoms. The second-order valence-corrected chi connectivity index (χ2v) is 10.5. The number of fused-ring (bicyclic) bond motifs is 1. The molecule has 0 aliphatic heterocycles. The summed E-state index contributed by atoms with van der Waals surface area (Å²) in [5.41, 5.74) is 9.59. The highest BCUT2D eigenvalue weighted by molar-refractivity contribution is 6.07. The number of hydrogen-bond donors (Lipinski definition) is 4. The normalized spacial score (nSPS) is 11.8. The lowest BCUT2D eigenvalue weighted by Gasteiger charge is -2.21. The Morgan fingerprint density at radius 2 is 1.82 bits per heavy atom. The third-order valence-electron chi connectivity index (χ3n) is 7.54. The van der Waals surface area contributed by atoms with Gasteiger partial charge in [0.2, 0.25) is 0 Å². The van der Waals surface area contributed by atoms with E-state index in [4.69, 9.17) is 15.5 Å². The number of rotatable bonds is 14. The average molecular weight is 602 g/mol. The van der Waals surface area contributed by atoms with Crippen molar-refractivity contribution in [3.05, 3.63) is 83.8 Å². The van der Waals surface area contributed by atoms with Gasteiger partial charge in [-0.25, -0.2) is 14.8 Å². The predicted octanol–water partition coefficient (Wildman–Crippen LogP) is 4.82. The summed E-state index contributed by atoms with van der Waals surface area (Å²) < 4.78 is 7.24. The van der Waals surface area contributed by atoms with Gasteiger partial charge in [0.25, 0.3) is 5.91 Å². The summed E-state index contributed by atoms with van der Waals surface area (Å²) in [6.07, 6.45) is 2.00. The van der Waals surface area contributed by atoms with Gasteiger partial charge in [0.05, 0.1) is 30.6 Å². The number of nitrogens with one attached hydrogen (secondary N) is 2. The monoisotopic (exact) mass is 601 g/mol. The first-order valence-electron chi connectivity index (χ1n) is 14.6. The van der Waals surface area contributed by atoms with Crippen LogP contribution in [0.15, 0.2) is 66.9 Å². The van der Waals surface area contributed by atoms with Crippen LogP contribution >= 0.6 is 0 Å². The first kappa shape index (κ1) is 32.0. The number of amides is 2. The van der Waals surface area contributed by atoms with E-state index in [-0.39, 0.29) is 18.9 Å². The van der Waals surface area contributed by atoms with Crippen LogP contribution in [-0.2, 0) is 23.1 Å². The predicted molar refractivity (Wildman–Crippen MR) is 168 cm³/mol. The molecule has 0 radical (unpaired) electrons. The number of pyridine rings is 1. The number of hydrogen-bond acceptors (Lipinski definition) is 8. The summed E-state index contributed by atoms with van der Waals surface area (Å²) in [6, 6.07) is 17.8. The Labute approximate surface area is 256 Å². The lowest BCUT2D eigenvalue weighted by atomic mass is 10.1. The van der Waals surface area contributed by atoms with Gasteiger partial charge in [-0.1, -0.05) is 44.9 Å². The van der Waals surface area contributed by atoms with E-state index in [9.17, 15) is 19.5 Å². The largest absolute Gasteiger partial charge is 0.481 e. The lowest BCUT2D eigenvalue weighted by molar-refractivity contribution is -0.136. The molecular formula is C32H39N7O5. The number of nitrogens with zero attached hydrogens (tertiary/aromatic N) is 4. The van der Waals surface area contributed by atoms with Crippen LogP contribution in [0.3, 0.4) is 0 Å². The molecule has 5 N–H and O–H groups in total. The fourth-order valence-electron chi connectivity index (χ4n) is 4.70. The highest BCUT2D eigenvalue weighted by atomic mass is 16.5. The van der Waals surface area contributed by atoms with Gasteiger partial charge < -0.3 is 30.8 Å². The van der Waals surface area contributed by atoms with E-state index in [1.54, 1.807) is 36.5 Å². The molecular weight excluding hydrogens is 562 g/mol. The molecule has 2 aromatic carbocycles. The molecule has 1 unspecified atom stereocenters. The van der Waals surface area contributed by atoms with E-state index in [1.807, 2.05) is 41.9 Å². The van der Waals surface area contributed by atoms with Crippen molar-refractivity contribution in [2.45, 2.75) is 45.8 Å². The number of aryl methyl sites for hydroxylation is 1. The molecule has 232 valence electrons. The van der Waals surface area contributed by atoms with Gasteiger partial charge in [-0.05, 0) is 53.9 Å². The van der Waals surface area contributed by atoms with Crippen LogP contribution in [0.1, 0.15) is 61.0 Å². The van der Waals surface area contributed by atoms with Gasteiger partial charge in [0.15, 0.2) is 0 Å². The van der Waals surface area contributed by atoms with Crippen molar-refractivity contribution in [2.24, 2.45) is 18.7 Å². The number of anilines is 2. The summed E-state index contributed by atoms with van der Waals surface area (Å²) in [5.74, 6) is 0.104. The molecule has 2 heterocycles. The minimum Gasteiger partial charge on any atom is -0.481 e. The number of carboxylic acids is 1. The third-order valence-corrected chi connectivity index (χ3v) is 7.54. The van der Waals surface area contributed by atoms with Gasteiger partial charge in [0, 0.05) is 31.0 Å². The first-order chi connectivity index (χ1) is 21.2. The third kappa shape index (κ3) is 8.10. The Kier molecular flexibility index (Phi) is 10.9. The van der Waals surface area contributed by atoms with Crippen molar-refractivity contribution in [3.63, 3.8) is 0 Å². The second kappa shape index (κ2) is 15.0. The Bertz CT molecular complexity index is 1570. The quantitative estimate of drug-likeness (QED) is 0.148. The number of carboxylic acid groups (broad SMARTS) is 1. The van der Waals surface area contributed by atoms with Crippen molar-refractivity contribution in [1.82, 2.24) is 19.9 Å². The Hall–Kier alpha value is -4.97. The minimum absolute atomic E-state index is 0.0111. The van der Waals surface area contributed by atoms with Gasteiger partial charge in [-0.15, -0.1) is 0 Å². The molecule has 0 aliphatic rings. The summed E-state index contributed by atoms with van der Waals surface area (Å²) >= 11 is 0. The zero-order valence-electron chi connectivity index (χ0n) is 25.2. The molecule has 4 rings (SSSR count). The van der Waals surface area contributed by atoms with Gasteiger partial charge >= 0.3 is 12.1 Å². The molecule has 4 aromatic rings. The first-order valence-corrected chi connectivity index (χ1v) is 14.6. The van der Waals surface area contributed by atoms with Crippen LogP contribution in [-0.4, -0.2) is 50.8 Å². The zero-order valence-corrected chi connectivity index (χ0v) is 25.2. The van der Waals surface area contributed by atoms with Gasteiger partial charge in [-0.2, -0.15) is 0 Å². The molecule has 2 amide bonds. The van der Waals surface area contributed by atoms with E-state index < -0.39 is 18.2 Å². The van der Waals surface area contributed by atoms with Crippen LogP contribution in [0.2, 0.25) is 0 Å². The number of alkyl carbamates (subject to hydrolysis) is 1. The van der Waals surface area contributed by atoms with E-state index in [2.05, 4.69) is 29.5 Å². The summed E-state index contributed by atoms with van der Waals surface area (Å²) in [7, 11) is 1.90. The smallest absolute Gasteiger partial charge is 0.408 e. The topological polar surface area (TPSA) is 165 Å². The highest BCUT2D eigenvalue weighted by Gasteiger charge is 2.21. The number of nitrogens with two attached hydrogens (primary N) is 1. The molecule has 0 saturated heterocycles. The number of carbonyl (C=O) groups is 3. The van der Waals surface area contributed by atoms with Gasteiger partial charge in [0.1, 0.15) is 17.8 Å². The fourth-order valence-corrected chi connectivity index (χ4v) is 4.70. The van der Waals surface area contributed by atoms with Crippen molar-refractivity contribution in [1.29, 1.82) is 0 Å². The average Bonchev–Trinajstić information content (AvgIpc) is 3.35. The number of imidazole rings is 1. The van der Waals surface area contributed by atoms with Crippen molar-refractivity contribution >= 4 is 40.5 Å². The Balaban J connectivity index is 1.40. The molecule has 1 atom stereocenters. The number of aromatic nitrogens is 3. The van der Waals surface area contributed by atoms with Crippen molar-refractivity contribution < 1.29 is 24.2 Å².